The predicted octanol–water partition coefficient (Wildman–Crippen LogP) is 1.50. The summed E-state index contributed by atoms with van der Waals surface area (Å²) < 4.78 is -0.323. The molecular weight excluding hydrogens is 308 g/mol. The molecule has 2 aromatic carbocycles. The summed E-state index contributed by atoms with van der Waals surface area (Å²) in [4.78, 5) is 23.6. The molecule has 0 radical (unpaired) electrons. The van der Waals surface area contributed by atoms with Crippen molar-refractivity contribution < 1.29 is 24.3 Å². The Morgan fingerprint density at radius 1 is 0.958 bits per heavy atom. The number of carboxylic acids is 1. The molecule has 6 nitrogen and oxygen atoms in total. The van der Waals surface area contributed by atoms with Crippen molar-refractivity contribution in [2.45, 2.75) is 11.6 Å². The van der Waals surface area contributed by atoms with Gasteiger partial charge >= 0.3 is 12.0 Å². The number of hydrogen-bond acceptors (Lipinski definition) is 3. The first kappa shape index (κ1) is 16.2. The number of carbonyl (C=O) groups is 2. The summed E-state index contributed by atoms with van der Waals surface area (Å²) in [5.41, 5.74) is 5.41. The average molecular weight is 327 g/mol. The number of rotatable bonds is 4. The van der Waals surface area contributed by atoms with Gasteiger partial charge in [0.05, 0.1) is 0 Å². The maximum absolute atomic E-state index is 12.3. The van der Waals surface area contributed by atoms with Crippen LogP contribution in [0.15, 0.2) is 60.7 Å². The Bertz CT molecular complexity index is 716. The van der Waals surface area contributed by atoms with Crippen LogP contribution in [0.4, 0.5) is 4.79 Å². The van der Waals surface area contributed by atoms with Crippen molar-refractivity contribution in [1.29, 1.82) is 0 Å². The molecule has 4 N–H and O–H groups in total. The molecule has 24 heavy (non-hydrogen) atoms. The van der Waals surface area contributed by atoms with Crippen molar-refractivity contribution in [3.05, 3.63) is 71.8 Å². The van der Waals surface area contributed by atoms with Crippen molar-refractivity contribution in [2.24, 2.45) is 5.73 Å². The van der Waals surface area contributed by atoms with E-state index in [4.69, 9.17) is 5.73 Å². The minimum Gasteiger partial charge on any atom is -0.479 e. The SMILES string of the molecule is NC(=O)[N+]1(C(c2ccccc2)c2ccccc2)CC(O)(C(=O)O)C1. The normalized spacial score (nSPS) is 25.9. The number of amides is 2. The first-order chi connectivity index (χ1) is 11.4. The van der Waals surface area contributed by atoms with Gasteiger partial charge in [0.15, 0.2) is 0 Å². The summed E-state index contributed by atoms with van der Waals surface area (Å²) in [7, 11) is 0. The third-order valence-electron chi connectivity index (χ3n) is 4.65. The number of urea groups is 1. The molecule has 1 aliphatic rings. The number of benzene rings is 2. The molecule has 0 atom stereocenters. The molecule has 1 saturated heterocycles. The van der Waals surface area contributed by atoms with Gasteiger partial charge in [0, 0.05) is 11.1 Å². The van der Waals surface area contributed by atoms with Crippen molar-refractivity contribution in [2.75, 3.05) is 13.1 Å². The molecule has 0 saturated carbocycles. The van der Waals surface area contributed by atoms with Crippen LogP contribution in [0.3, 0.4) is 0 Å². The second kappa shape index (κ2) is 5.74. The fourth-order valence-electron chi connectivity index (χ4n) is 3.52. The number of hydrogen-bond donors (Lipinski definition) is 3. The lowest BCUT2D eigenvalue weighted by molar-refractivity contribution is -0.929. The molecule has 0 spiro atoms. The zero-order valence-electron chi connectivity index (χ0n) is 13.0. The van der Waals surface area contributed by atoms with E-state index in [1.165, 1.54) is 0 Å². The van der Waals surface area contributed by atoms with E-state index in [-0.39, 0.29) is 17.6 Å². The second-order valence-corrected chi connectivity index (χ2v) is 6.25. The van der Waals surface area contributed by atoms with E-state index in [1.807, 2.05) is 60.7 Å². The largest absolute Gasteiger partial charge is 0.479 e. The summed E-state index contributed by atoms with van der Waals surface area (Å²) in [5, 5.41) is 19.4. The van der Waals surface area contributed by atoms with Crippen LogP contribution < -0.4 is 5.73 Å². The fourth-order valence-corrected chi connectivity index (χ4v) is 3.52. The van der Waals surface area contributed by atoms with Crippen LogP contribution in [0.5, 0.6) is 0 Å². The van der Waals surface area contributed by atoms with Crippen LogP contribution >= 0.6 is 0 Å². The Labute approximate surface area is 139 Å². The van der Waals surface area contributed by atoms with E-state index in [0.29, 0.717) is 0 Å². The maximum Gasteiger partial charge on any atom is 0.414 e. The van der Waals surface area contributed by atoms with Gasteiger partial charge in [0.25, 0.3) is 5.60 Å². The molecular formula is C18H19N2O4+. The molecule has 1 aliphatic heterocycles. The Balaban J connectivity index is 2.11. The Morgan fingerprint density at radius 3 is 1.71 bits per heavy atom. The van der Waals surface area contributed by atoms with E-state index in [2.05, 4.69) is 0 Å². The summed E-state index contributed by atoms with van der Waals surface area (Å²) in [6.45, 7) is -0.516. The zero-order valence-corrected chi connectivity index (χ0v) is 13.0. The molecule has 6 heteroatoms. The van der Waals surface area contributed by atoms with Crippen LogP contribution in [0.25, 0.3) is 0 Å². The number of nitrogens with zero attached hydrogens (tertiary/aromatic N) is 1. The summed E-state index contributed by atoms with van der Waals surface area (Å²) >= 11 is 0. The minimum absolute atomic E-state index is 0.258. The molecule has 2 amide bonds. The van der Waals surface area contributed by atoms with Crippen LogP contribution in [0.2, 0.25) is 0 Å². The van der Waals surface area contributed by atoms with Crippen LogP contribution in [-0.2, 0) is 4.79 Å². The van der Waals surface area contributed by atoms with Gasteiger partial charge < -0.3 is 15.9 Å². The fraction of sp³-hybridized carbons (Fsp3) is 0.222. The van der Waals surface area contributed by atoms with Gasteiger partial charge in [0.2, 0.25) is 0 Å². The van der Waals surface area contributed by atoms with Crippen LogP contribution in [-0.4, -0.2) is 45.4 Å². The van der Waals surface area contributed by atoms with Crippen molar-refractivity contribution in [1.82, 2.24) is 0 Å². The molecule has 0 unspecified atom stereocenters. The molecule has 1 heterocycles. The maximum atomic E-state index is 12.3. The lowest BCUT2D eigenvalue weighted by Crippen LogP contribution is -2.80. The molecule has 124 valence electrons. The highest BCUT2D eigenvalue weighted by atomic mass is 16.4. The van der Waals surface area contributed by atoms with E-state index < -0.39 is 23.6 Å². The Morgan fingerprint density at radius 2 is 1.38 bits per heavy atom. The van der Waals surface area contributed by atoms with E-state index >= 15 is 0 Å². The summed E-state index contributed by atoms with van der Waals surface area (Å²) in [6.07, 6.45) is 0. The second-order valence-electron chi connectivity index (χ2n) is 6.25. The van der Waals surface area contributed by atoms with Gasteiger partial charge in [-0.2, -0.15) is 0 Å². The molecule has 2 aromatic rings. The molecule has 0 aromatic heterocycles. The smallest absolute Gasteiger partial charge is 0.414 e. The molecule has 0 bridgehead atoms. The van der Waals surface area contributed by atoms with Gasteiger partial charge in [-0.25, -0.2) is 14.1 Å². The van der Waals surface area contributed by atoms with Gasteiger partial charge in [-0.1, -0.05) is 60.7 Å². The molecule has 3 rings (SSSR count). The quantitative estimate of drug-likeness (QED) is 0.741. The standard InChI is InChI=1S/C18H18N2O4/c19-17(23)20(11-18(24,12-20)16(21)22)15(13-7-3-1-4-8-13)14-9-5-2-6-10-14/h1-10,15,24H,11-12H2,(H2-,19,21,22,23)/p+1. The number of quaternary nitrogens is 1. The number of nitrogens with two attached hydrogens (primary N) is 1. The van der Waals surface area contributed by atoms with E-state index in [1.54, 1.807) is 0 Å². The Hall–Kier alpha value is -2.70. The topological polar surface area (TPSA) is 101 Å². The highest BCUT2D eigenvalue weighted by molar-refractivity contribution is 5.80. The van der Waals surface area contributed by atoms with Gasteiger partial charge in [0.1, 0.15) is 19.1 Å². The molecule has 0 aliphatic carbocycles. The third-order valence-corrected chi connectivity index (χ3v) is 4.65. The average Bonchev–Trinajstić information content (AvgIpc) is 2.54. The highest BCUT2D eigenvalue weighted by Crippen LogP contribution is 2.43. The number of aliphatic hydroxyl groups is 1. The number of primary amides is 1. The third kappa shape index (κ3) is 2.46. The zero-order chi connectivity index (χ0) is 17.4. The number of carbonyl (C=O) groups excluding carboxylic acids is 1. The molecule has 1 fully saturated rings. The van der Waals surface area contributed by atoms with Crippen LogP contribution in [0.1, 0.15) is 17.2 Å². The van der Waals surface area contributed by atoms with E-state index in [0.717, 1.165) is 11.1 Å². The van der Waals surface area contributed by atoms with Crippen molar-refractivity contribution >= 4 is 12.0 Å². The number of aliphatic carboxylic acids is 1. The van der Waals surface area contributed by atoms with E-state index in [9.17, 15) is 19.8 Å². The summed E-state index contributed by atoms with van der Waals surface area (Å²) in [5.74, 6) is -1.34. The Kier molecular flexibility index (Phi) is 3.87. The minimum atomic E-state index is -1.93. The van der Waals surface area contributed by atoms with Gasteiger partial charge in [-0.05, 0) is 0 Å². The van der Waals surface area contributed by atoms with Gasteiger partial charge in [-0.15, -0.1) is 0 Å². The first-order valence-electron chi connectivity index (χ1n) is 7.61. The van der Waals surface area contributed by atoms with Crippen molar-refractivity contribution in [3.63, 3.8) is 0 Å². The lowest BCUT2D eigenvalue weighted by atomic mass is 9.83. The highest BCUT2D eigenvalue weighted by Gasteiger charge is 2.67. The van der Waals surface area contributed by atoms with Crippen LogP contribution in [0, 0.1) is 0 Å². The first-order valence-corrected chi connectivity index (χ1v) is 7.61. The summed E-state index contributed by atoms with van der Waals surface area (Å²) in [6, 6.07) is 17.5. The van der Waals surface area contributed by atoms with Gasteiger partial charge in [-0.3, -0.25) is 0 Å². The predicted molar refractivity (Wildman–Crippen MR) is 86.9 cm³/mol. The number of carboxylic acid groups (broad SMARTS) is 1. The number of likely N-dealkylation sites (tertiary alicyclic amines) is 1. The lowest BCUT2D eigenvalue weighted by Gasteiger charge is -2.53. The van der Waals surface area contributed by atoms with Crippen molar-refractivity contribution in [3.8, 4) is 0 Å². The monoisotopic (exact) mass is 327 g/mol.